The Bertz CT molecular complexity index is 1040. The molecule has 30 heavy (non-hydrogen) atoms. The van der Waals surface area contributed by atoms with E-state index in [-0.39, 0.29) is 23.8 Å². The molecule has 2 aliphatic heterocycles. The quantitative estimate of drug-likeness (QED) is 0.678. The Morgan fingerprint density at radius 3 is 2.83 bits per heavy atom. The first-order valence-corrected chi connectivity index (χ1v) is 10.1. The molecule has 0 atom stereocenters. The molecule has 11 heteroatoms. The van der Waals surface area contributed by atoms with Crippen LogP contribution in [0.5, 0.6) is 0 Å². The van der Waals surface area contributed by atoms with Gasteiger partial charge < -0.3 is 19.9 Å². The third-order valence-corrected chi connectivity index (χ3v) is 5.34. The fraction of sp³-hybridized carbons (Fsp3) is 0.526. The maximum absolute atomic E-state index is 12.9. The number of hydrogen-bond donors (Lipinski definition) is 2. The van der Waals surface area contributed by atoms with E-state index in [1.807, 2.05) is 4.90 Å². The molecule has 4 rings (SSSR count). The maximum atomic E-state index is 12.9. The van der Waals surface area contributed by atoms with Gasteiger partial charge in [-0.3, -0.25) is 24.0 Å². The number of nitrogens with zero attached hydrogens (tertiary/aromatic N) is 5. The first kappa shape index (κ1) is 19.9. The number of fused-ring (bicyclic) bond motifs is 1. The van der Waals surface area contributed by atoms with E-state index in [1.54, 1.807) is 16.6 Å². The summed E-state index contributed by atoms with van der Waals surface area (Å²) in [5.41, 5.74) is 0.821. The minimum Gasteiger partial charge on any atom is -0.501 e. The van der Waals surface area contributed by atoms with Crippen LogP contribution in [-0.2, 0) is 21.4 Å². The third kappa shape index (κ3) is 4.14. The zero-order valence-electron chi connectivity index (χ0n) is 16.9. The van der Waals surface area contributed by atoms with Crippen molar-refractivity contribution in [3.63, 3.8) is 0 Å². The van der Waals surface area contributed by atoms with Crippen molar-refractivity contribution >= 4 is 28.8 Å². The fourth-order valence-electron chi connectivity index (χ4n) is 3.63. The molecule has 4 heterocycles. The molecular formula is C19H25N7O4. The van der Waals surface area contributed by atoms with Crippen molar-refractivity contribution < 1.29 is 14.3 Å². The Morgan fingerprint density at radius 1 is 1.17 bits per heavy atom. The first-order valence-electron chi connectivity index (χ1n) is 10.1. The van der Waals surface area contributed by atoms with Gasteiger partial charge in [-0.05, 0) is 12.8 Å². The number of rotatable bonds is 2. The number of amides is 2. The van der Waals surface area contributed by atoms with Crippen LogP contribution >= 0.6 is 0 Å². The van der Waals surface area contributed by atoms with Crippen molar-refractivity contribution in [2.24, 2.45) is 7.05 Å². The van der Waals surface area contributed by atoms with Crippen LogP contribution in [0.15, 0.2) is 22.8 Å². The lowest BCUT2D eigenvalue weighted by Gasteiger charge is -2.30. The molecule has 1 saturated heterocycles. The molecule has 2 amide bonds. The highest BCUT2D eigenvalue weighted by Crippen LogP contribution is 2.16. The Kier molecular flexibility index (Phi) is 5.68. The minimum atomic E-state index is -0.276. The van der Waals surface area contributed by atoms with Crippen LogP contribution in [0, 0.1) is 0 Å². The Morgan fingerprint density at radius 2 is 2.03 bits per heavy atom. The Labute approximate surface area is 172 Å². The topological polar surface area (TPSA) is 125 Å². The number of hydrogen-bond acceptors (Lipinski definition) is 7. The standard InChI is InChI=1S/C19H25N7O4/c1-24-16-14(11-21-24)17(28)23-19(22-16)26-7-5-20-15(27)4-6-25(8-9-26)18(29)13-3-2-10-30-12-13/h11-12H,2-10H2,1H3,(H,20,27)(H,22,23,28). The van der Waals surface area contributed by atoms with Gasteiger partial charge in [0.25, 0.3) is 11.5 Å². The van der Waals surface area contributed by atoms with Crippen LogP contribution in [-0.4, -0.2) is 75.8 Å². The van der Waals surface area contributed by atoms with Crippen LogP contribution in [0.1, 0.15) is 19.3 Å². The van der Waals surface area contributed by atoms with Crippen LogP contribution < -0.4 is 15.8 Å². The second kappa shape index (κ2) is 8.56. The molecular weight excluding hydrogens is 390 g/mol. The van der Waals surface area contributed by atoms with Gasteiger partial charge in [0, 0.05) is 46.2 Å². The number of anilines is 1. The molecule has 1 fully saturated rings. The molecule has 2 aliphatic rings. The zero-order chi connectivity index (χ0) is 21.1. The summed E-state index contributed by atoms with van der Waals surface area (Å²) in [6.45, 7) is 2.66. The van der Waals surface area contributed by atoms with E-state index in [4.69, 9.17) is 4.74 Å². The van der Waals surface area contributed by atoms with Gasteiger partial charge in [-0.15, -0.1) is 0 Å². The van der Waals surface area contributed by atoms with Crippen LogP contribution in [0.4, 0.5) is 5.95 Å². The van der Waals surface area contributed by atoms with Crippen molar-refractivity contribution in [2.45, 2.75) is 19.3 Å². The number of aromatic nitrogens is 4. The molecule has 0 saturated carbocycles. The van der Waals surface area contributed by atoms with Crippen molar-refractivity contribution in [2.75, 3.05) is 44.2 Å². The monoisotopic (exact) mass is 415 g/mol. The van der Waals surface area contributed by atoms with Crippen molar-refractivity contribution in [1.29, 1.82) is 0 Å². The molecule has 160 valence electrons. The summed E-state index contributed by atoms with van der Waals surface area (Å²) < 4.78 is 6.85. The number of ether oxygens (including phenoxy) is 1. The normalized spacial score (nSPS) is 18.6. The lowest BCUT2D eigenvalue weighted by molar-refractivity contribution is -0.128. The van der Waals surface area contributed by atoms with Crippen molar-refractivity contribution in [3.8, 4) is 0 Å². The zero-order valence-corrected chi connectivity index (χ0v) is 16.9. The van der Waals surface area contributed by atoms with Gasteiger partial charge in [0.2, 0.25) is 11.9 Å². The second-order valence-corrected chi connectivity index (χ2v) is 7.39. The van der Waals surface area contributed by atoms with Crippen molar-refractivity contribution in [3.05, 3.63) is 28.4 Å². The summed E-state index contributed by atoms with van der Waals surface area (Å²) in [5.74, 6) is 0.150. The van der Waals surface area contributed by atoms with Gasteiger partial charge >= 0.3 is 0 Å². The lowest BCUT2D eigenvalue weighted by atomic mass is 10.1. The van der Waals surface area contributed by atoms with E-state index in [1.165, 1.54) is 12.5 Å². The van der Waals surface area contributed by atoms with E-state index in [0.717, 1.165) is 6.42 Å². The van der Waals surface area contributed by atoms with E-state index < -0.39 is 0 Å². The van der Waals surface area contributed by atoms with Gasteiger partial charge in [0.1, 0.15) is 5.39 Å². The molecule has 0 spiro atoms. The predicted octanol–water partition coefficient (Wildman–Crippen LogP) is -0.494. The Balaban J connectivity index is 1.59. The number of aromatic amines is 1. The van der Waals surface area contributed by atoms with Gasteiger partial charge in [-0.25, -0.2) is 0 Å². The van der Waals surface area contributed by atoms with Gasteiger partial charge in [-0.2, -0.15) is 10.1 Å². The predicted molar refractivity (Wildman–Crippen MR) is 109 cm³/mol. The second-order valence-electron chi connectivity index (χ2n) is 7.39. The molecule has 0 aromatic carbocycles. The highest BCUT2D eigenvalue weighted by Gasteiger charge is 2.23. The van der Waals surface area contributed by atoms with Gasteiger partial charge in [0.05, 0.1) is 24.6 Å². The summed E-state index contributed by atoms with van der Waals surface area (Å²) in [5, 5.41) is 7.36. The number of carbonyl (C=O) groups excluding carboxylic acids is 2. The summed E-state index contributed by atoms with van der Waals surface area (Å²) in [6.07, 6.45) is 4.72. The van der Waals surface area contributed by atoms with Crippen molar-refractivity contribution in [1.82, 2.24) is 30.0 Å². The van der Waals surface area contributed by atoms with E-state index >= 15 is 0 Å². The average molecular weight is 415 g/mol. The summed E-state index contributed by atoms with van der Waals surface area (Å²) in [6, 6.07) is 0. The molecule has 2 N–H and O–H groups in total. The molecule has 11 nitrogen and oxygen atoms in total. The number of carbonyl (C=O) groups is 2. The molecule has 2 aromatic rings. The third-order valence-electron chi connectivity index (χ3n) is 5.34. The molecule has 2 aromatic heterocycles. The highest BCUT2D eigenvalue weighted by molar-refractivity contribution is 5.93. The molecule has 0 unspecified atom stereocenters. The number of aryl methyl sites for hydroxylation is 1. The smallest absolute Gasteiger partial charge is 0.263 e. The summed E-state index contributed by atoms with van der Waals surface area (Å²) in [7, 11) is 1.72. The van der Waals surface area contributed by atoms with E-state index in [2.05, 4.69) is 20.4 Å². The SMILES string of the molecule is Cn1ncc2c(=O)[nH]c(N3CCNC(=O)CCN(C(=O)C4=COCCC4)CC3)nc21. The average Bonchev–Trinajstić information content (AvgIpc) is 3.14. The summed E-state index contributed by atoms with van der Waals surface area (Å²) in [4.78, 5) is 48.4. The van der Waals surface area contributed by atoms with Crippen LogP contribution in [0.2, 0.25) is 0 Å². The van der Waals surface area contributed by atoms with Crippen LogP contribution in [0.3, 0.4) is 0 Å². The molecule has 0 radical (unpaired) electrons. The van der Waals surface area contributed by atoms with Crippen LogP contribution in [0.25, 0.3) is 11.0 Å². The number of nitrogens with one attached hydrogen (secondary N) is 2. The molecule has 0 aliphatic carbocycles. The largest absolute Gasteiger partial charge is 0.501 e. The van der Waals surface area contributed by atoms with Gasteiger partial charge in [0.15, 0.2) is 5.65 Å². The molecule has 0 bridgehead atoms. The summed E-state index contributed by atoms with van der Waals surface area (Å²) >= 11 is 0. The highest BCUT2D eigenvalue weighted by atomic mass is 16.5. The Hall–Kier alpha value is -3.37. The maximum Gasteiger partial charge on any atom is 0.263 e. The first-order chi connectivity index (χ1) is 14.5. The minimum absolute atomic E-state index is 0.118. The fourth-order valence-corrected chi connectivity index (χ4v) is 3.63. The lowest BCUT2D eigenvalue weighted by Crippen LogP contribution is -2.46. The van der Waals surface area contributed by atoms with E-state index in [0.29, 0.717) is 68.3 Å². The van der Waals surface area contributed by atoms with E-state index in [9.17, 15) is 14.4 Å². The van der Waals surface area contributed by atoms with Gasteiger partial charge in [-0.1, -0.05) is 0 Å². The number of H-pyrrole nitrogens is 1.